The highest BCUT2D eigenvalue weighted by molar-refractivity contribution is 5.91. The van der Waals surface area contributed by atoms with E-state index in [9.17, 15) is 4.79 Å². The SMILES string of the molecule is O=C(CCc1ccncc1)Nc1ccc2c(c1)OCCO2. The van der Waals surface area contributed by atoms with E-state index in [1.165, 1.54) is 0 Å². The van der Waals surface area contributed by atoms with Gasteiger partial charge in [0.05, 0.1) is 0 Å². The van der Waals surface area contributed by atoms with Crippen molar-refractivity contribution in [3.63, 3.8) is 0 Å². The summed E-state index contributed by atoms with van der Waals surface area (Å²) in [7, 11) is 0. The Bertz CT molecular complexity index is 629. The van der Waals surface area contributed by atoms with Crippen LogP contribution in [0.1, 0.15) is 12.0 Å². The Labute approximate surface area is 122 Å². The van der Waals surface area contributed by atoms with Gasteiger partial charge in [0.1, 0.15) is 13.2 Å². The van der Waals surface area contributed by atoms with Gasteiger partial charge in [-0.25, -0.2) is 0 Å². The fraction of sp³-hybridized carbons (Fsp3) is 0.250. The van der Waals surface area contributed by atoms with Crippen LogP contribution < -0.4 is 14.8 Å². The molecule has 0 atom stereocenters. The highest BCUT2D eigenvalue weighted by atomic mass is 16.6. The van der Waals surface area contributed by atoms with Gasteiger partial charge in [0.2, 0.25) is 5.91 Å². The largest absolute Gasteiger partial charge is 0.486 e. The number of nitrogens with one attached hydrogen (secondary N) is 1. The van der Waals surface area contributed by atoms with Gasteiger partial charge in [-0.05, 0) is 36.2 Å². The summed E-state index contributed by atoms with van der Waals surface area (Å²) in [6.07, 6.45) is 4.58. The van der Waals surface area contributed by atoms with Crippen molar-refractivity contribution in [2.45, 2.75) is 12.8 Å². The molecule has 1 aliphatic rings. The first-order valence-corrected chi connectivity index (χ1v) is 6.90. The lowest BCUT2D eigenvalue weighted by molar-refractivity contribution is -0.116. The molecule has 2 heterocycles. The van der Waals surface area contributed by atoms with Crippen molar-refractivity contribution in [2.75, 3.05) is 18.5 Å². The molecule has 0 saturated heterocycles. The Kier molecular flexibility index (Phi) is 4.00. The van der Waals surface area contributed by atoms with Crippen LogP contribution in [0.25, 0.3) is 0 Å². The maximum atomic E-state index is 12.0. The molecule has 1 aromatic carbocycles. The molecule has 0 saturated carbocycles. The lowest BCUT2D eigenvalue weighted by Gasteiger charge is -2.19. The summed E-state index contributed by atoms with van der Waals surface area (Å²) < 4.78 is 10.9. The van der Waals surface area contributed by atoms with E-state index in [0.29, 0.717) is 31.8 Å². The van der Waals surface area contributed by atoms with Gasteiger partial charge >= 0.3 is 0 Å². The van der Waals surface area contributed by atoms with E-state index in [2.05, 4.69) is 10.3 Å². The number of hydrogen-bond acceptors (Lipinski definition) is 4. The number of anilines is 1. The molecule has 0 fully saturated rings. The minimum Gasteiger partial charge on any atom is -0.486 e. The Hall–Kier alpha value is -2.56. The molecule has 2 aromatic rings. The Balaban J connectivity index is 1.57. The van der Waals surface area contributed by atoms with Crippen molar-refractivity contribution in [1.29, 1.82) is 0 Å². The number of aryl methyl sites for hydroxylation is 1. The van der Waals surface area contributed by atoms with Crippen LogP contribution in [0.3, 0.4) is 0 Å². The zero-order valence-corrected chi connectivity index (χ0v) is 11.5. The van der Waals surface area contributed by atoms with Gasteiger partial charge in [0, 0.05) is 30.6 Å². The first-order valence-electron chi connectivity index (χ1n) is 6.90. The van der Waals surface area contributed by atoms with Gasteiger partial charge in [-0.3, -0.25) is 9.78 Å². The second-order valence-electron chi connectivity index (χ2n) is 4.76. The number of hydrogen-bond donors (Lipinski definition) is 1. The Morgan fingerprint density at radius 3 is 2.67 bits per heavy atom. The minimum atomic E-state index is -0.0245. The van der Waals surface area contributed by atoms with Crippen LogP contribution in [-0.2, 0) is 11.2 Å². The minimum absolute atomic E-state index is 0.0245. The normalized spacial score (nSPS) is 12.8. The number of nitrogens with zero attached hydrogens (tertiary/aromatic N) is 1. The van der Waals surface area contributed by atoms with Crippen LogP contribution in [-0.4, -0.2) is 24.1 Å². The van der Waals surface area contributed by atoms with Crippen molar-refractivity contribution < 1.29 is 14.3 Å². The molecule has 5 heteroatoms. The standard InChI is InChI=1S/C16H16N2O3/c19-16(4-1-12-5-7-17-8-6-12)18-13-2-3-14-15(11-13)21-10-9-20-14/h2-3,5-8,11H,1,4,9-10H2,(H,18,19). The molecule has 5 nitrogen and oxygen atoms in total. The molecule has 21 heavy (non-hydrogen) atoms. The summed E-state index contributed by atoms with van der Waals surface area (Å²) in [5.74, 6) is 1.37. The molecule has 0 unspecified atom stereocenters. The molecular weight excluding hydrogens is 268 g/mol. The van der Waals surface area contributed by atoms with Gasteiger partial charge in [-0.2, -0.15) is 0 Å². The van der Waals surface area contributed by atoms with Crippen molar-refractivity contribution >= 4 is 11.6 Å². The van der Waals surface area contributed by atoms with E-state index in [1.807, 2.05) is 24.3 Å². The lowest BCUT2D eigenvalue weighted by Crippen LogP contribution is -2.16. The maximum Gasteiger partial charge on any atom is 0.224 e. The van der Waals surface area contributed by atoms with Crippen molar-refractivity contribution in [3.05, 3.63) is 48.3 Å². The molecule has 3 rings (SSSR count). The van der Waals surface area contributed by atoms with Gasteiger partial charge in [-0.1, -0.05) is 0 Å². The number of pyridine rings is 1. The van der Waals surface area contributed by atoms with E-state index in [1.54, 1.807) is 18.5 Å². The van der Waals surface area contributed by atoms with Crippen LogP contribution in [0, 0.1) is 0 Å². The topological polar surface area (TPSA) is 60.5 Å². The first-order chi connectivity index (χ1) is 10.3. The van der Waals surface area contributed by atoms with Gasteiger partial charge < -0.3 is 14.8 Å². The van der Waals surface area contributed by atoms with Crippen LogP contribution in [0.4, 0.5) is 5.69 Å². The Morgan fingerprint density at radius 1 is 1.10 bits per heavy atom. The summed E-state index contributed by atoms with van der Waals surface area (Å²) in [5.41, 5.74) is 1.82. The zero-order chi connectivity index (χ0) is 14.5. The molecule has 1 amide bonds. The van der Waals surface area contributed by atoms with Gasteiger partial charge in [-0.15, -0.1) is 0 Å². The van der Waals surface area contributed by atoms with Crippen molar-refractivity contribution in [2.24, 2.45) is 0 Å². The molecule has 108 valence electrons. The quantitative estimate of drug-likeness (QED) is 0.936. The number of ether oxygens (including phenoxy) is 2. The number of fused-ring (bicyclic) bond motifs is 1. The smallest absolute Gasteiger partial charge is 0.224 e. The molecule has 1 aliphatic heterocycles. The number of amides is 1. The van der Waals surface area contributed by atoms with Crippen LogP contribution in [0.2, 0.25) is 0 Å². The lowest BCUT2D eigenvalue weighted by atomic mass is 10.1. The number of carbonyl (C=O) groups excluding carboxylic acids is 1. The Morgan fingerprint density at radius 2 is 1.86 bits per heavy atom. The van der Waals surface area contributed by atoms with E-state index < -0.39 is 0 Å². The molecular formula is C16H16N2O3. The zero-order valence-electron chi connectivity index (χ0n) is 11.5. The maximum absolute atomic E-state index is 12.0. The van der Waals surface area contributed by atoms with E-state index >= 15 is 0 Å². The fourth-order valence-corrected chi connectivity index (χ4v) is 2.15. The number of carbonyl (C=O) groups is 1. The summed E-state index contributed by atoms with van der Waals surface area (Å²) in [6.45, 7) is 1.09. The van der Waals surface area contributed by atoms with Gasteiger partial charge in [0.15, 0.2) is 11.5 Å². The predicted octanol–water partition coefficient (Wildman–Crippen LogP) is 2.42. The average molecular weight is 284 g/mol. The first kappa shape index (κ1) is 13.4. The second kappa shape index (κ2) is 6.26. The van der Waals surface area contributed by atoms with Crippen LogP contribution >= 0.6 is 0 Å². The molecule has 0 aliphatic carbocycles. The third kappa shape index (κ3) is 3.51. The summed E-state index contributed by atoms with van der Waals surface area (Å²) in [4.78, 5) is 15.9. The third-order valence-electron chi connectivity index (χ3n) is 3.22. The molecule has 0 spiro atoms. The average Bonchev–Trinajstić information content (AvgIpc) is 2.54. The molecule has 0 radical (unpaired) electrons. The summed E-state index contributed by atoms with van der Waals surface area (Å²) in [6, 6.07) is 9.25. The summed E-state index contributed by atoms with van der Waals surface area (Å²) in [5, 5.41) is 2.87. The number of aromatic nitrogens is 1. The highest BCUT2D eigenvalue weighted by Crippen LogP contribution is 2.32. The van der Waals surface area contributed by atoms with Crippen LogP contribution in [0.15, 0.2) is 42.7 Å². The van der Waals surface area contributed by atoms with E-state index in [-0.39, 0.29) is 5.91 Å². The highest BCUT2D eigenvalue weighted by Gasteiger charge is 2.12. The van der Waals surface area contributed by atoms with Gasteiger partial charge in [0.25, 0.3) is 0 Å². The van der Waals surface area contributed by atoms with Crippen molar-refractivity contribution in [1.82, 2.24) is 4.98 Å². The molecule has 0 bridgehead atoms. The van der Waals surface area contributed by atoms with Crippen LogP contribution in [0.5, 0.6) is 11.5 Å². The fourth-order valence-electron chi connectivity index (χ4n) is 2.15. The molecule has 1 N–H and O–H groups in total. The number of benzene rings is 1. The van der Waals surface area contributed by atoms with E-state index in [0.717, 1.165) is 17.0 Å². The van der Waals surface area contributed by atoms with E-state index in [4.69, 9.17) is 9.47 Å². The number of rotatable bonds is 4. The monoisotopic (exact) mass is 284 g/mol. The second-order valence-corrected chi connectivity index (χ2v) is 4.76. The summed E-state index contributed by atoms with van der Waals surface area (Å²) >= 11 is 0. The van der Waals surface area contributed by atoms with Crippen molar-refractivity contribution in [3.8, 4) is 11.5 Å². The predicted molar refractivity (Wildman–Crippen MR) is 78.6 cm³/mol. The molecule has 1 aromatic heterocycles. The third-order valence-corrected chi connectivity index (χ3v) is 3.22.